The minimum absolute atomic E-state index is 0.201. The number of nitrogens with zero attached hydrogens (tertiary/aromatic N) is 3. The highest BCUT2D eigenvalue weighted by Crippen LogP contribution is 2.29. The van der Waals surface area contributed by atoms with Crippen molar-refractivity contribution in [3.8, 4) is 5.75 Å². The van der Waals surface area contributed by atoms with Gasteiger partial charge in [0.1, 0.15) is 5.75 Å². The highest BCUT2D eigenvalue weighted by atomic mass is 35.5. The number of benzene rings is 2. The highest BCUT2D eigenvalue weighted by molar-refractivity contribution is 7.98. The topological polar surface area (TPSA) is 39.9 Å². The molecule has 0 aliphatic carbocycles. The van der Waals surface area contributed by atoms with Crippen LogP contribution in [-0.4, -0.2) is 14.8 Å². The summed E-state index contributed by atoms with van der Waals surface area (Å²) in [4.78, 5) is 0. The number of para-hydroxylation sites is 1. The first-order chi connectivity index (χ1) is 12.5. The third-order valence-corrected chi connectivity index (χ3v) is 5.81. The van der Waals surface area contributed by atoms with Gasteiger partial charge in [-0.3, -0.25) is 0 Å². The fourth-order valence-corrected chi connectivity index (χ4v) is 3.70. The van der Waals surface area contributed by atoms with E-state index in [0.29, 0.717) is 10.0 Å². The van der Waals surface area contributed by atoms with Crippen LogP contribution in [0.2, 0.25) is 10.0 Å². The number of aryl methyl sites for hydroxylation is 1. The minimum atomic E-state index is -0.201. The molecular formula is C19H19Cl2N3OS. The van der Waals surface area contributed by atoms with Crippen molar-refractivity contribution in [3.63, 3.8) is 0 Å². The van der Waals surface area contributed by atoms with E-state index in [1.54, 1.807) is 17.8 Å². The second-order valence-electron chi connectivity index (χ2n) is 5.96. The summed E-state index contributed by atoms with van der Waals surface area (Å²) in [5.74, 6) is 2.37. The average molecular weight is 408 g/mol. The van der Waals surface area contributed by atoms with Crippen LogP contribution in [0, 0.1) is 6.92 Å². The van der Waals surface area contributed by atoms with Gasteiger partial charge in [0.2, 0.25) is 0 Å². The first-order valence-corrected chi connectivity index (χ1v) is 9.88. The van der Waals surface area contributed by atoms with Gasteiger partial charge in [-0.2, -0.15) is 0 Å². The second-order valence-corrected chi connectivity index (χ2v) is 7.72. The number of halogens is 2. The molecule has 0 saturated carbocycles. The molecule has 0 aliphatic heterocycles. The van der Waals surface area contributed by atoms with Gasteiger partial charge in [0.15, 0.2) is 17.1 Å². The Morgan fingerprint density at radius 1 is 1.12 bits per heavy atom. The van der Waals surface area contributed by atoms with Crippen molar-refractivity contribution in [1.82, 2.24) is 14.8 Å². The van der Waals surface area contributed by atoms with Gasteiger partial charge < -0.3 is 9.30 Å². The highest BCUT2D eigenvalue weighted by Gasteiger charge is 2.18. The van der Waals surface area contributed by atoms with E-state index >= 15 is 0 Å². The summed E-state index contributed by atoms with van der Waals surface area (Å²) < 4.78 is 8.02. The molecule has 4 nitrogen and oxygen atoms in total. The summed E-state index contributed by atoms with van der Waals surface area (Å²) in [5.41, 5.74) is 2.17. The van der Waals surface area contributed by atoms with Gasteiger partial charge in [-0.15, -0.1) is 10.2 Å². The maximum Gasteiger partial charge on any atom is 0.191 e. The average Bonchev–Trinajstić information content (AvgIpc) is 2.99. The maximum absolute atomic E-state index is 6.07. The zero-order chi connectivity index (χ0) is 18.7. The summed E-state index contributed by atoms with van der Waals surface area (Å²) in [6, 6.07) is 13.6. The third-order valence-electron chi connectivity index (χ3n) is 3.98. The lowest BCUT2D eigenvalue weighted by Gasteiger charge is -2.15. The minimum Gasteiger partial charge on any atom is -0.482 e. The first kappa shape index (κ1) is 19.1. The molecule has 0 fully saturated rings. The Bertz CT molecular complexity index is 914. The van der Waals surface area contributed by atoms with Crippen LogP contribution in [0.25, 0.3) is 0 Å². The van der Waals surface area contributed by atoms with Crippen molar-refractivity contribution < 1.29 is 4.74 Å². The number of ether oxygens (including phenoxy) is 1. The zero-order valence-electron chi connectivity index (χ0n) is 14.7. The maximum atomic E-state index is 6.07. The second kappa shape index (κ2) is 8.33. The van der Waals surface area contributed by atoms with Crippen LogP contribution in [0.15, 0.2) is 47.6 Å². The molecule has 0 saturated heterocycles. The SMILES string of the molecule is Cc1ccccc1OC(C)c1nnc(SCc2ccc(Cl)c(Cl)c2)n1C. The van der Waals surface area contributed by atoms with Crippen molar-refractivity contribution >= 4 is 35.0 Å². The van der Waals surface area contributed by atoms with E-state index in [1.165, 1.54) is 0 Å². The van der Waals surface area contributed by atoms with E-state index < -0.39 is 0 Å². The van der Waals surface area contributed by atoms with Gasteiger partial charge >= 0.3 is 0 Å². The van der Waals surface area contributed by atoms with Crippen LogP contribution >= 0.6 is 35.0 Å². The molecule has 1 heterocycles. The standard InChI is InChI=1S/C19H19Cl2N3OS/c1-12-6-4-5-7-17(12)25-13(2)18-22-23-19(24(18)3)26-11-14-8-9-15(20)16(21)10-14/h4-10,13H,11H2,1-3H3. The predicted octanol–water partition coefficient (Wildman–Crippen LogP) is 5.86. The Kier molecular flexibility index (Phi) is 6.12. The van der Waals surface area contributed by atoms with E-state index in [4.69, 9.17) is 27.9 Å². The fourth-order valence-electron chi connectivity index (χ4n) is 2.51. The van der Waals surface area contributed by atoms with Gasteiger partial charge in [0.05, 0.1) is 10.0 Å². The van der Waals surface area contributed by atoms with Gasteiger partial charge in [-0.25, -0.2) is 0 Å². The van der Waals surface area contributed by atoms with E-state index in [9.17, 15) is 0 Å². The van der Waals surface area contributed by atoms with Crippen LogP contribution in [0.1, 0.15) is 30.0 Å². The number of aromatic nitrogens is 3. The monoisotopic (exact) mass is 407 g/mol. The van der Waals surface area contributed by atoms with Crippen LogP contribution < -0.4 is 4.74 Å². The summed E-state index contributed by atoms with van der Waals surface area (Å²) in [6.07, 6.45) is -0.201. The lowest BCUT2D eigenvalue weighted by Crippen LogP contribution is -2.10. The number of rotatable bonds is 6. The summed E-state index contributed by atoms with van der Waals surface area (Å²) in [6.45, 7) is 4.00. The molecule has 7 heteroatoms. The van der Waals surface area contributed by atoms with Crippen molar-refractivity contribution in [2.24, 2.45) is 7.05 Å². The molecule has 1 aromatic heterocycles. The quantitative estimate of drug-likeness (QED) is 0.479. The van der Waals surface area contributed by atoms with Crippen LogP contribution in [0.5, 0.6) is 5.75 Å². The molecule has 0 aliphatic rings. The molecule has 136 valence electrons. The molecule has 0 bridgehead atoms. The van der Waals surface area contributed by atoms with E-state index in [-0.39, 0.29) is 6.10 Å². The largest absolute Gasteiger partial charge is 0.482 e. The molecule has 1 atom stereocenters. The molecule has 1 unspecified atom stereocenters. The molecule has 0 radical (unpaired) electrons. The number of hydrogen-bond donors (Lipinski definition) is 0. The third kappa shape index (κ3) is 4.34. The van der Waals surface area contributed by atoms with Crippen LogP contribution in [0.4, 0.5) is 0 Å². The molecule has 3 aromatic rings. The van der Waals surface area contributed by atoms with Crippen molar-refractivity contribution in [2.75, 3.05) is 0 Å². The molecule has 2 aromatic carbocycles. The van der Waals surface area contributed by atoms with Gasteiger partial charge in [0.25, 0.3) is 0 Å². The Hall–Kier alpha value is -1.69. The molecule has 26 heavy (non-hydrogen) atoms. The zero-order valence-corrected chi connectivity index (χ0v) is 17.1. The summed E-state index contributed by atoms with van der Waals surface area (Å²) in [5, 5.41) is 10.5. The Morgan fingerprint density at radius 3 is 2.62 bits per heavy atom. The van der Waals surface area contributed by atoms with Crippen molar-refractivity contribution in [3.05, 3.63) is 69.5 Å². The van der Waals surface area contributed by atoms with E-state index in [2.05, 4.69) is 10.2 Å². The lowest BCUT2D eigenvalue weighted by atomic mass is 10.2. The van der Waals surface area contributed by atoms with Crippen LogP contribution in [-0.2, 0) is 12.8 Å². The van der Waals surface area contributed by atoms with Crippen molar-refractivity contribution in [2.45, 2.75) is 30.9 Å². The van der Waals surface area contributed by atoms with Gasteiger partial charge in [-0.05, 0) is 43.2 Å². The Labute approximate surface area is 167 Å². The lowest BCUT2D eigenvalue weighted by molar-refractivity contribution is 0.210. The summed E-state index contributed by atoms with van der Waals surface area (Å²) >= 11 is 13.6. The van der Waals surface area contributed by atoms with Crippen molar-refractivity contribution in [1.29, 1.82) is 0 Å². The normalized spacial score (nSPS) is 12.2. The molecular weight excluding hydrogens is 389 g/mol. The number of hydrogen-bond acceptors (Lipinski definition) is 4. The van der Waals surface area contributed by atoms with E-state index in [1.807, 2.05) is 61.9 Å². The number of thioether (sulfide) groups is 1. The van der Waals surface area contributed by atoms with Gasteiger partial charge in [0, 0.05) is 12.8 Å². The predicted molar refractivity (Wildman–Crippen MR) is 107 cm³/mol. The first-order valence-electron chi connectivity index (χ1n) is 8.14. The fraction of sp³-hybridized carbons (Fsp3) is 0.263. The molecule has 0 spiro atoms. The van der Waals surface area contributed by atoms with Gasteiger partial charge in [-0.1, -0.05) is 59.2 Å². The summed E-state index contributed by atoms with van der Waals surface area (Å²) in [7, 11) is 1.95. The van der Waals surface area contributed by atoms with E-state index in [0.717, 1.165) is 33.6 Å². The molecule has 0 amide bonds. The smallest absolute Gasteiger partial charge is 0.191 e. The molecule has 3 rings (SSSR count). The Morgan fingerprint density at radius 2 is 1.88 bits per heavy atom. The Balaban J connectivity index is 1.69. The van der Waals surface area contributed by atoms with Crippen LogP contribution in [0.3, 0.4) is 0 Å². The molecule has 0 N–H and O–H groups in total.